The van der Waals surface area contributed by atoms with Crippen LogP contribution in [0.25, 0.3) is 0 Å². The highest BCUT2D eigenvalue weighted by Crippen LogP contribution is 2.42. The topological polar surface area (TPSA) is 55.4 Å². The Balaban J connectivity index is 2.24. The molecule has 11 heteroatoms. The average molecular weight is 467 g/mol. The molecular formula is C12H8BrCl2F2NO3S2. The fourth-order valence-electron chi connectivity index (χ4n) is 1.67. The first-order valence-corrected chi connectivity index (χ1v) is 9.73. The number of hydrogen-bond acceptors (Lipinski definition) is 4. The molecule has 0 atom stereocenters. The molecule has 0 unspecified atom stereocenters. The fourth-order valence-corrected chi connectivity index (χ4v) is 6.23. The molecule has 2 rings (SSSR count). The summed E-state index contributed by atoms with van der Waals surface area (Å²) in [5.74, 6) is -0.112. The number of nitrogens with one attached hydrogen (secondary N) is 1. The van der Waals surface area contributed by atoms with Gasteiger partial charge in [0.15, 0.2) is 0 Å². The van der Waals surface area contributed by atoms with Gasteiger partial charge in [0.05, 0.1) is 4.47 Å². The molecule has 0 amide bonds. The lowest BCUT2D eigenvalue weighted by atomic mass is 10.2. The fraction of sp³-hybridized carbons (Fsp3) is 0.167. The quantitative estimate of drug-likeness (QED) is 0.658. The van der Waals surface area contributed by atoms with Crippen LogP contribution in [0.3, 0.4) is 0 Å². The second-order valence-electron chi connectivity index (χ2n) is 4.10. The van der Waals surface area contributed by atoms with Crippen LogP contribution in [-0.2, 0) is 16.6 Å². The molecule has 2 aromatic rings. The van der Waals surface area contributed by atoms with E-state index in [1.165, 1.54) is 18.2 Å². The van der Waals surface area contributed by atoms with Gasteiger partial charge in [0, 0.05) is 12.1 Å². The van der Waals surface area contributed by atoms with Gasteiger partial charge in [0.1, 0.15) is 19.3 Å². The molecule has 0 saturated carbocycles. The van der Waals surface area contributed by atoms with E-state index in [0.717, 1.165) is 11.3 Å². The van der Waals surface area contributed by atoms with Crippen molar-refractivity contribution < 1.29 is 21.9 Å². The van der Waals surface area contributed by atoms with Crippen molar-refractivity contribution in [3.05, 3.63) is 43.0 Å². The van der Waals surface area contributed by atoms with E-state index in [1.807, 2.05) is 0 Å². The standard InChI is InChI=1S/C12H8BrCl2F2NO3S2/c13-8-9(11(15)22-10(8)14)23(19,20)18-5-6-3-1-2-4-7(6)21-12(16)17/h1-4,12,18H,5H2. The van der Waals surface area contributed by atoms with Crippen LogP contribution in [0, 0.1) is 0 Å². The first-order chi connectivity index (χ1) is 10.7. The van der Waals surface area contributed by atoms with Crippen LogP contribution in [0.15, 0.2) is 33.6 Å². The number of ether oxygens (including phenoxy) is 1. The summed E-state index contributed by atoms with van der Waals surface area (Å²) in [5.41, 5.74) is 0.255. The Labute approximate surface area is 153 Å². The number of benzene rings is 1. The molecule has 0 saturated heterocycles. The number of rotatable bonds is 6. The maximum Gasteiger partial charge on any atom is 0.387 e. The second kappa shape index (κ2) is 7.62. The van der Waals surface area contributed by atoms with E-state index in [-0.39, 0.29) is 35.9 Å². The van der Waals surface area contributed by atoms with Crippen LogP contribution >= 0.6 is 50.5 Å². The number of para-hydroxylation sites is 1. The van der Waals surface area contributed by atoms with Crippen LogP contribution < -0.4 is 9.46 Å². The summed E-state index contributed by atoms with van der Waals surface area (Å²) >= 11 is 15.7. The summed E-state index contributed by atoms with van der Waals surface area (Å²) in [6, 6.07) is 5.87. The summed E-state index contributed by atoms with van der Waals surface area (Å²) in [7, 11) is -3.99. The van der Waals surface area contributed by atoms with Gasteiger partial charge in [-0.1, -0.05) is 41.4 Å². The maximum absolute atomic E-state index is 12.4. The Kier molecular flexibility index (Phi) is 6.26. The van der Waals surface area contributed by atoms with Crippen LogP contribution in [-0.4, -0.2) is 15.0 Å². The number of thiophene rings is 1. The van der Waals surface area contributed by atoms with Gasteiger partial charge in [-0.15, -0.1) is 11.3 Å². The second-order valence-corrected chi connectivity index (χ2v) is 8.82. The summed E-state index contributed by atoms with van der Waals surface area (Å²) in [6.07, 6.45) is 0. The maximum atomic E-state index is 12.4. The summed E-state index contributed by atoms with van der Waals surface area (Å²) in [5, 5.41) is 0. The van der Waals surface area contributed by atoms with Crippen LogP contribution in [0.4, 0.5) is 8.78 Å². The van der Waals surface area contributed by atoms with Gasteiger partial charge in [0.25, 0.3) is 0 Å². The highest BCUT2D eigenvalue weighted by atomic mass is 79.9. The molecule has 1 heterocycles. The molecule has 0 radical (unpaired) electrons. The predicted octanol–water partition coefficient (Wildman–Crippen LogP) is 4.90. The SMILES string of the molecule is O=S(=O)(NCc1ccccc1OC(F)F)c1c(Cl)sc(Cl)c1Br. The number of hydrogen-bond donors (Lipinski definition) is 1. The third kappa shape index (κ3) is 4.55. The molecule has 1 aromatic carbocycles. The molecule has 126 valence electrons. The smallest absolute Gasteiger partial charge is 0.387 e. The highest BCUT2D eigenvalue weighted by molar-refractivity contribution is 9.10. The van der Waals surface area contributed by atoms with E-state index < -0.39 is 16.6 Å². The minimum Gasteiger partial charge on any atom is -0.434 e. The largest absolute Gasteiger partial charge is 0.434 e. The molecule has 0 spiro atoms. The Morgan fingerprint density at radius 1 is 1.26 bits per heavy atom. The lowest BCUT2D eigenvalue weighted by Gasteiger charge is -2.11. The minimum atomic E-state index is -3.99. The lowest BCUT2D eigenvalue weighted by molar-refractivity contribution is -0.0504. The summed E-state index contributed by atoms with van der Waals surface area (Å²) in [6.45, 7) is -3.26. The third-order valence-corrected chi connectivity index (χ3v) is 7.50. The van der Waals surface area contributed by atoms with Crippen molar-refractivity contribution in [2.45, 2.75) is 18.1 Å². The zero-order valence-electron chi connectivity index (χ0n) is 11.0. The minimum absolute atomic E-state index is 0.00788. The average Bonchev–Trinajstić information content (AvgIpc) is 2.71. The van der Waals surface area contributed by atoms with E-state index in [2.05, 4.69) is 25.4 Å². The zero-order valence-corrected chi connectivity index (χ0v) is 15.8. The Hall–Kier alpha value is -0.450. The molecule has 0 aliphatic heterocycles. The van der Waals surface area contributed by atoms with E-state index in [9.17, 15) is 17.2 Å². The van der Waals surface area contributed by atoms with Crippen molar-refractivity contribution >= 4 is 60.5 Å². The molecule has 0 aliphatic carbocycles. The predicted molar refractivity (Wildman–Crippen MR) is 89.1 cm³/mol. The Bertz CT molecular complexity index is 815. The van der Waals surface area contributed by atoms with E-state index >= 15 is 0 Å². The molecule has 0 fully saturated rings. The molecule has 1 aromatic heterocycles. The Morgan fingerprint density at radius 3 is 2.48 bits per heavy atom. The normalized spacial score (nSPS) is 11.9. The van der Waals surface area contributed by atoms with E-state index in [0.29, 0.717) is 0 Å². The number of alkyl halides is 2. The third-order valence-electron chi connectivity index (χ3n) is 2.64. The van der Waals surface area contributed by atoms with Gasteiger partial charge in [-0.25, -0.2) is 13.1 Å². The highest BCUT2D eigenvalue weighted by Gasteiger charge is 2.26. The van der Waals surface area contributed by atoms with Gasteiger partial charge in [-0.2, -0.15) is 8.78 Å². The van der Waals surface area contributed by atoms with Gasteiger partial charge >= 0.3 is 6.61 Å². The summed E-state index contributed by atoms with van der Waals surface area (Å²) in [4.78, 5) is -0.193. The van der Waals surface area contributed by atoms with Crippen molar-refractivity contribution in [3.63, 3.8) is 0 Å². The molecule has 0 aliphatic rings. The van der Waals surface area contributed by atoms with Crippen molar-refractivity contribution in [1.82, 2.24) is 4.72 Å². The zero-order chi connectivity index (χ0) is 17.2. The van der Waals surface area contributed by atoms with E-state index in [4.69, 9.17) is 23.2 Å². The molecular weight excluding hydrogens is 459 g/mol. The molecule has 0 bridgehead atoms. The monoisotopic (exact) mass is 465 g/mol. The van der Waals surface area contributed by atoms with Gasteiger partial charge in [-0.05, 0) is 22.0 Å². The first-order valence-electron chi connectivity index (χ1n) is 5.88. The van der Waals surface area contributed by atoms with Crippen molar-refractivity contribution in [1.29, 1.82) is 0 Å². The Morgan fingerprint density at radius 2 is 1.91 bits per heavy atom. The van der Waals surface area contributed by atoms with Gasteiger partial charge < -0.3 is 4.74 Å². The van der Waals surface area contributed by atoms with Crippen molar-refractivity contribution in [3.8, 4) is 5.75 Å². The van der Waals surface area contributed by atoms with Gasteiger partial charge in [0.2, 0.25) is 10.0 Å². The van der Waals surface area contributed by atoms with Crippen LogP contribution in [0.2, 0.25) is 8.67 Å². The van der Waals surface area contributed by atoms with E-state index in [1.54, 1.807) is 6.07 Å². The first kappa shape index (κ1) is 18.9. The number of sulfonamides is 1. The molecule has 1 N–H and O–H groups in total. The van der Waals surface area contributed by atoms with Crippen molar-refractivity contribution in [2.75, 3.05) is 0 Å². The summed E-state index contributed by atoms with van der Waals surface area (Å²) < 4.78 is 56.3. The molecule has 23 heavy (non-hydrogen) atoms. The number of halogens is 5. The van der Waals surface area contributed by atoms with Crippen molar-refractivity contribution in [2.24, 2.45) is 0 Å². The van der Waals surface area contributed by atoms with Crippen LogP contribution in [0.5, 0.6) is 5.75 Å². The lowest BCUT2D eigenvalue weighted by Crippen LogP contribution is -2.24. The van der Waals surface area contributed by atoms with Gasteiger partial charge in [-0.3, -0.25) is 0 Å². The van der Waals surface area contributed by atoms with Crippen LogP contribution in [0.1, 0.15) is 5.56 Å². The molecule has 4 nitrogen and oxygen atoms in total.